The molecule has 1 aliphatic heterocycles. The molecule has 1 fully saturated rings. The third-order valence-electron chi connectivity index (χ3n) is 3.75. The van der Waals surface area contributed by atoms with E-state index >= 15 is 0 Å². The number of nitrogens with two attached hydrogens (primary N) is 1. The maximum Gasteiger partial charge on any atom is 0.255 e. The molecule has 0 radical (unpaired) electrons. The van der Waals surface area contributed by atoms with Crippen LogP contribution < -0.4 is 11.3 Å². The first-order valence-electron chi connectivity index (χ1n) is 6.84. The summed E-state index contributed by atoms with van der Waals surface area (Å²) in [6.07, 6.45) is 3.68. The van der Waals surface area contributed by atoms with Crippen LogP contribution in [0, 0.1) is 6.92 Å². The number of aryl methyl sites for hydroxylation is 1. The van der Waals surface area contributed by atoms with Crippen LogP contribution in [0.3, 0.4) is 0 Å². The molecular formula is C14H23N3O. The van der Waals surface area contributed by atoms with E-state index in [2.05, 4.69) is 4.90 Å². The number of rotatable bonds is 5. The van der Waals surface area contributed by atoms with Crippen LogP contribution in [0.5, 0.6) is 0 Å². The van der Waals surface area contributed by atoms with Gasteiger partial charge in [-0.05, 0) is 51.9 Å². The molecule has 0 amide bonds. The smallest absolute Gasteiger partial charge is 0.255 e. The lowest BCUT2D eigenvalue weighted by atomic mass is 10.2. The van der Waals surface area contributed by atoms with Gasteiger partial charge in [-0.15, -0.1) is 0 Å². The van der Waals surface area contributed by atoms with Crippen LogP contribution in [0.1, 0.15) is 30.5 Å². The van der Waals surface area contributed by atoms with Crippen LogP contribution in [0.15, 0.2) is 16.9 Å². The van der Waals surface area contributed by atoms with E-state index in [0.717, 1.165) is 25.2 Å². The number of pyridine rings is 1. The maximum absolute atomic E-state index is 12.1. The Bertz CT molecular complexity index is 447. The molecule has 0 unspecified atom stereocenters. The molecule has 1 saturated heterocycles. The first-order chi connectivity index (χ1) is 8.72. The molecule has 2 heterocycles. The first kappa shape index (κ1) is 13.3. The zero-order chi connectivity index (χ0) is 13.0. The molecule has 0 aliphatic carbocycles. The van der Waals surface area contributed by atoms with Gasteiger partial charge in [-0.2, -0.15) is 0 Å². The molecule has 4 nitrogen and oxygen atoms in total. The lowest BCUT2D eigenvalue weighted by Crippen LogP contribution is -2.29. The molecule has 0 saturated carbocycles. The van der Waals surface area contributed by atoms with Crippen molar-refractivity contribution in [1.82, 2.24) is 9.47 Å². The van der Waals surface area contributed by atoms with Gasteiger partial charge in [0.1, 0.15) is 0 Å². The van der Waals surface area contributed by atoms with Crippen LogP contribution in [0.2, 0.25) is 0 Å². The molecule has 4 heteroatoms. The normalized spacial score (nSPS) is 16.3. The fourth-order valence-corrected chi connectivity index (χ4v) is 2.61. The van der Waals surface area contributed by atoms with E-state index in [1.165, 1.54) is 25.9 Å². The van der Waals surface area contributed by atoms with E-state index in [9.17, 15) is 4.79 Å². The first-order valence-corrected chi connectivity index (χ1v) is 6.84. The number of aromatic nitrogens is 1. The molecule has 0 aromatic carbocycles. The fourth-order valence-electron chi connectivity index (χ4n) is 2.61. The minimum absolute atomic E-state index is 0.0823. The van der Waals surface area contributed by atoms with Crippen molar-refractivity contribution in [1.29, 1.82) is 0 Å². The van der Waals surface area contributed by atoms with E-state index in [1.807, 2.05) is 23.6 Å². The van der Waals surface area contributed by atoms with E-state index in [1.54, 1.807) is 0 Å². The summed E-state index contributed by atoms with van der Waals surface area (Å²) in [4.78, 5) is 14.6. The van der Waals surface area contributed by atoms with Crippen LogP contribution >= 0.6 is 0 Å². The van der Waals surface area contributed by atoms with Crippen LogP contribution in [0.4, 0.5) is 0 Å². The predicted molar refractivity (Wildman–Crippen MR) is 73.6 cm³/mol. The number of hydrogen-bond acceptors (Lipinski definition) is 3. The minimum atomic E-state index is 0.0823. The maximum atomic E-state index is 12.1. The quantitative estimate of drug-likeness (QED) is 0.850. The van der Waals surface area contributed by atoms with Crippen molar-refractivity contribution < 1.29 is 0 Å². The Kier molecular flexibility index (Phi) is 4.55. The lowest BCUT2D eigenvalue weighted by molar-refractivity contribution is 0.324. The van der Waals surface area contributed by atoms with Crippen molar-refractivity contribution in [2.45, 2.75) is 39.3 Å². The second kappa shape index (κ2) is 6.16. The van der Waals surface area contributed by atoms with Crippen LogP contribution in [-0.4, -0.2) is 29.1 Å². The summed E-state index contributed by atoms with van der Waals surface area (Å²) in [5.74, 6) is 0. The largest absolute Gasteiger partial charge is 0.326 e. The molecule has 2 N–H and O–H groups in total. The monoisotopic (exact) mass is 249 g/mol. The van der Waals surface area contributed by atoms with Crippen molar-refractivity contribution in [2.75, 3.05) is 19.6 Å². The zero-order valence-electron chi connectivity index (χ0n) is 11.2. The third-order valence-corrected chi connectivity index (χ3v) is 3.75. The molecule has 0 atom stereocenters. The van der Waals surface area contributed by atoms with Crippen LogP contribution in [-0.2, 0) is 13.1 Å². The van der Waals surface area contributed by atoms with Gasteiger partial charge >= 0.3 is 0 Å². The van der Waals surface area contributed by atoms with Gasteiger partial charge in [0.15, 0.2) is 0 Å². The van der Waals surface area contributed by atoms with Crippen molar-refractivity contribution in [2.24, 2.45) is 5.73 Å². The highest BCUT2D eigenvalue weighted by molar-refractivity contribution is 5.15. The molecular weight excluding hydrogens is 226 g/mol. The van der Waals surface area contributed by atoms with E-state index in [0.29, 0.717) is 12.1 Å². The van der Waals surface area contributed by atoms with Crippen molar-refractivity contribution in [3.05, 3.63) is 33.7 Å². The van der Waals surface area contributed by atoms with Crippen molar-refractivity contribution in [3.8, 4) is 0 Å². The van der Waals surface area contributed by atoms with Crippen molar-refractivity contribution >= 4 is 0 Å². The molecule has 1 aromatic heterocycles. The highest BCUT2D eigenvalue weighted by Gasteiger charge is 2.11. The minimum Gasteiger partial charge on any atom is -0.326 e. The topological polar surface area (TPSA) is 51.3 Å². The van der Waals surface area contributed by atoms with Gasteiger partial charge in [0.05, 0.1) is 0 Å². The Labute approximate surface area is 108 Å². The Hall–Kier alpha value is -1.13. The summed E-state index contributed by atoms with van der Waals surface area (Å²) >= 11 is 0. The molecule has 1 aliphatic rings. The zero-order valence-corrected chi connectivity index (χ0v) is 11.2. The summed E-state index contributed by atoms with van der Waals surface area (Å²) < 4.78 is 1.86. The van der Waals surface area contributed by atoms with Gasteiger partial charge < -0.3 is 15.2 Å². The van der Waals surface area contributed by atoms with Gasteiger partial charge in [-0.3, -0.25) is 4.79 Å². The van der Waals surface area contributed by atoms with Crippen molar-refractivity contribution in [3.63, 3.8) is 0 Å². The van der Waals surface area contributed by atoms with Gasteiger partial charge in [-0.25, -0.2) is 0 Å². The third kappa shape index (κ3) is 3.00. The van der Waals surface area contributed by atoms with Gasteiger partial charge in [-0.1, -0.05) is 6.07 Å². The predicted octanol–water partition coefficient (Wildman–Crippen LogP) is 1.10. The Morgan fingerprint density at radius 2 is 1.94 bits per heavy atom. The second-order valence-corrected chi connectivity index (χ2v) is 5.06. The summed E-state index contributed by atoms with van der Waals surface area (Å²) in [5, 5.41) is 0. The fraction of sp³-hybridized carbons (Fsp3) is 0.643. The second-order valence-electron chi connectivity index (χ2n) is 5.06. The average molecular weight is 249 g/mol. The van der Waals surface area contributed by atoms with Gasteiger partial charge in [0, 0.05) is 24.3 Å². The average Bonchev–Trinajstić information content (AvgIpc) is 2.86. The molecule has 1 aromatic rings. The number of hydrogen-bond donors (Lipinski definition) is 1. The highest BCUT2D eigenvalue weighted by atomic mass is 16.1. The molecule has 0 spiro atoms. The molecule has 100 valence electrons. The molecule has 2 rings (SSSR count). The Morgan fingerprint density at radius 1 is 1.22 bits per heavy atom. The van der Waals surface area contributed by atoms with Gasteiger partial charge in [0.25, 0.3) is 5.56 Å². The Morgan fingerprint density at radius 3 is 2.61 bits per heavy atom. The summed E-state index contributed by atoms with van der Waals surface area (Å²) in [5.41, 5.74) is 7.40. The molecule has 0 bridgehead atoms. The number of nitrogens with zero attached hydrogens (tertiary/aromatic N) is 2. The molecule has 18 heavy (non-hydrogen) atoms. The SMILES string of the molecule is Cc1ccc(CN)c(=O)n1CCCN1CCCC1. The standard InChI is InChI=1S/C14H23N3O/c1-12-5-6-13(11-15)14(18)17(12)10-4-9-16-7-2-3-8-16/h5-6H,2-4,7-11,15H2,1H3. The summed E-state index contributed by atoms with van der Waals surface area (Å²) in [7, 11) is 0. The van der Waals surface area contributed by atoms with E-state index < -0.39 is 0 Å². The highest BCUT2D eigenvalue weighted by Crippen LogP contribution is 2.08. The van der Waals surface area contributed by atoms with E-state index in [-0.39, 0.29) is 5.56 Å². The summed E-state index contributed by atoms with van der Waals surface area (Å²) in [6.45, 7) is 6.64. The van der Waals surface area contributed by atoms with Gasteiger partial charge in [0.2, 0.25) is 0 Å². The van der Waals surface area contributed by atoms with Crippen LogP contribution in [0.25, 0.3) is 0 Å². The lowest BCUT2D eigenvalue weighted by Gasteiger charge is -2.16. The van der Waals surface area contributed by atoms with E-state index in [4.69, 9.17) is 5.73 Å². The summed E-state index contributed by atoms with van der Waals surface area (Å²) in [6, 6.07) is 3.83. The Balaban J connectivity index is 1.97. The number of likely N-dealkylation sites (tertiary alicyclic amines) is 1.